The van der Waals surface area contributed by atoms with Crippen LogP contribution in [0.1, 0.15) is 18.4 Å². The number of aryl methyl sites for hydroxylation is 1. The van der Waals surface area contributed by atoms with Gasteiger partial charge in [0.2, 0.25) is 10.0 Å². The summed E-state index contributed by atoms with van der Waals surface area (Å²) in [6.45, 7) is 7.48. The van der Waals surface area contributed by atoms with E-state index in [-0.39, 0.29) is 11.0 Å². The van der Waals surface area contributed by atoms with Gasteiger partial charge in [0.15, 0.2) is 0 Å². The van der Waals surface area contributed by atoms with Gasteiger partial charge in [-0.3, -0.25) is 4.90 Å². The molecule has 0 aliphatic carbocycles. The molecule has 0 bridgehead atoms. The molecule has 1 aromatic carbocycles. The van der Waals surface area contributed by atoms with E-state index in [0.29, 0.717) is 32.1 Å². The van der Waals surface area contributed by atoms with Crippen molar-refractivity contribution in [2.24, 2.45) is 0 Å². The summed E-state index contributed by atoms with van der Waals surface area (Å²) in [7, 11) is -2.23. The number of rotatable bonds is 5. The monoisotopic (exact) mass is 440 g/mol. The topological polar surface area (TPSA) is 77.5 Å². The first-order chi connectivity index (χ1) is 14.4. The Morgan fingerprint density at radius 2 is 1.93 bits per heavy atom. The number of nitrogens with zero attached hydrogens (tertiary/aromatic N) is 2. The van der Waals surface area contributed by atoms with Gasteiger partial charge in [-0.05, 0) is 37.5 Å². The van der Waals surface area contributed by atoms with Crippen molar-refractivity contribution < 1.29 is 27.4 Å². The van der Waals surface area contributed by atoms with Crippen LogP contribution in [0.5, 0.6) is 5.75 Å². The van der Waals surface area contributed by atoms with Crippen molar-refractivity contribution in [1.29, 1.82) is 0 Å². The number of ether oxygens (including phenoxy) is 4. The fraction of sp³-hybridized carbons (Fsp3) is 0.714. The summed E-state index contributed by atoms with van der Waals surface area (Å²) in [6.07, 6.45) is 1.78. The second kappa shape index (κ2) is 9.10. The molecule has 3 aliphatic rings. The third-order valence-electron chi connectivity index (χ3n) is 6.16. The minimum absolute atomic E-state index is 0.0864. The maximum absolute atomic E-state index is 13.5. The Bertz CT molecular complexity index is 842. The maximum Gasteiger partial charge on any atom is 0.246 e. The lowest BCUT2D eigenvalue weighted by Gasteiger charge is -2.33. The molecular weight excluding hydrogens is 408 g/mol. The van der Waals surface area contributed by atoms with Crippen molar-refractivity contribution in [3.8, 4) is 5.75 Å². The van der Waals surface area contributed by atoms with Crippen molar-refractivity contribution in [3.63, 3.8) is 0 Å². The molecule has 0 radical (unpaired) electrons. The van der Waals surface area contributed by atoms with E-state index in [9.17, 15) is 8.42 Å². The Kier molecular flexibility index (Phi) is 6.67. The highest BCUT2D eigenvalue weighted by Gasteiger charge is 2.46. The van der Waals surface area contributed by atoms with Gasteiger partial charge in [-0.2, -0.15) is 4.31 Å². The Morgan fingerprint density at radius 3 is 2.70 bits per heavy atom. The number of benzene rings is 1. The molecule has 0 saturated carbocycles. The molecule has 9 heteroatoms. The van der Waals surface area contributed by atoms with Gasteiger partial charge in [0.05, 0.1) is 39.6 Å². The van der Waals surface area contributed by atoms with Crippen LogP contribution in [0.2, 0.25) is 0 Å². The zero-order valence-corrected chi connectivity index (χ0v) is 18.7. The molecule has 0 unspecified atom stereocenters. The van der Waals surface area contributed by atoms with Crippen LogP contribution in [0, 0.1) is 6.92 Å². The van der Waals surface area contributed by atoms with Gasteiger partial charge in [0.25, 0.3) is 0 Å². The van der Waals surface area contributed by atoms with E-state index in [4.69, 9.17) is 18.9 Å². The summed E-state index contributed by atoms with van der Waals surface area (Å²) in [4.78, 5) is 2.55. The Morgan fingerprint density at radius 1 is 1.17 bits per heavy atom. The summed E-state index contributed by atoms with van der Waals surface area (Å²) in [5, 5.41) is 0. The number of sulfonamides is 1. The van der Waals surface area contributed by atoms with Crippen LogP contribution in [-0.2, 0) is 24.2 Å². The molecule has 8 nitrogen and oxygen atoms in total. The highest BCUT2D eigenvalue weighted by Crippen LogP contribution is 2.36. The second-order valence-electron chi connectivity index (χ2n) is 8.42. The number of hydrogen-bond acceptors (Lipinski definition) is 7. The normalized spacial score (nSPS) is 29.2. The van der Waals surface area contributed by atoms with Crippen LogP contribution in [-0.4, -0.2) is 95.6 Å². The molecule has 1 spiro atoms. The van der Waals surface area contributed by atoms with E-state index in [2.05, 4.69) is 4.90 Å². The first-order valence-corrected chi connectivity index (χ1v) is 12.1. The average Bonchev–Trinajstić information content (AvgIpc) is 2.99. The van der Waals surface area contributed by atoms with Gasteiger partial charge in [-0.25, -0.2) is 8.42 Å². The molecule has 1 aromatic rings. The van der Waals surface area contributed by atoms with E-state index in [1.807, 2.05) is 6.92 Å². The van der Waals surface area contributed by atoms with Crippen molar-refractivity contribution in [2.45, 2.75) is 36.4 Å². The molecule has 0 N–H and O–H groups in total. The highest BCUT2D eigenvalue weighted by molar-refractivity contribution is 7.89. The number of hydrogen-bond donors (Lipinski definition) is 0. The zero-order valence-electron chi connectivity index (χ0n) is 17.8. The summed E-state index contributed by atoms with van der Waals surface area (Å²) < 4.78 is 51.5. The predicted molar refractivity (Wildman–Crippen MR) is 111 cm³/mol. The molecule has 3 heterocycles. The van der Waals surface area contributed by atoms with Crippen molar-refractivity contribution >= 4 is 10.0 Å². The first kappa shape index (κ1) is 22.0. The van der Waals surface area contributed by atoms with Gasteiger partial charge in [-0.15, -0.1) is 0 Å². The fourth-order valence-electron chi connectivity index (χ4n) is 4.52. The molecule has 4 rings (SSSR count). The first-order valence-electron chi connectivity index (χ1n) is 10.6. The molecule has 3 fully saturated rings. The van der Waals surface area contributed by atoms with E-state index in [1.165, 1.54) is 11.4 Å². The van der Waals surface area contributed by atoms with Gasteiger partial charge in [-0.1, -0.05) is 6.07 Å². The van der Waals surface area contributed by atoms with E-state index >= 15 is 0 Å². The molecule has 30 heavy (non-hydrogen) atoms. The largest absolute Gasteiger partial charge is 0.495 e. The minimum atomic E-state index is -3.73. The van der Waals surface area contributed by atoms with Crippen LogP contribution >= 0.6 is 0 Å². The fourth-order valence-corrected chi connectivity index (χ4v) is 6.16. The van der Waals surface area contributed by atoms with Gasteiger partial charge in [0, 0.05) is 32.7 Å². The van der Waals surface area contributed by atoms with Crippen LogP contribution in [0.25, 0.3) is 0 Å². The molecule has 0 amide bonds. The van der Waals surface area contributed by atoms with Crippen molar-refractivity contribution in [1.82, 2.24) is 9.21 Å². The molecule has 3 saturated heterocycles. The van der Waals surface area contributed by atoms with Gasteiger partial charge in [0.1, 0.15) is 16.2 Å². The molecule has 0 aromatic heterocycles. The second-order valence-corrected chi connectivity index (χ2v) is 10.3. The third-order valence-corrected chi connectivity index (χ3v) is 8.04. The van der Waals surface area contributed by atoms with Gasteiger partial charge >= 0.3 is 0 Å². The molecular formula is C21H32N2O6S. The molecule has 3 aliphatic heterocycles. The smallest absolute Gasteiger partial charge is 0.246 e. The lowest BCUT2D eigenvalue weighted by molar-refractivity contribution is -0.0927. The standard InChI is InChI=1S/C21H32N2O6S/c1-17-3-4-20(19(13-17)26-2)30(24,25)23-9-12-28-16-21(15-23)6-5-18(29-21)14-22-7-10-27-11-8-22/h3-4,13,18H,5-12,14-16H2,1-2H3/t18-,21-/m0/s1. The summed E-state index contributed by atoms with van der Waals surface area (Å²) in [5.41, 5.74) is 0.352. The predicted octanol–water partition coefficient (Wildman–Crippen LogP) is 1.27. The number of methoxy groups -OCH3 is 1. The quantitative estimate of drug-likeness (QED) is 0.682. The SMILES string of the molecule is COc1cc(C)ccc1S(=O)(=O)N1CCOC[C@]2(CC[C@@H](CN3CCOCC3)O2)C1. The van der Waals surface area contributed by atoms with Crippen molar-refractivity contribution in [3.05, 3.63) is 23.8 Å². The van der Waals surface area contributed by atoms with E-state index in [1.54, 1.807) is 18.2 Å². The molecule has 2 atom stereocenters. The van der Waals surface area contributed by atoms with E-state index < -0.39 is 15.6 Å². The Balaban J connectivity index is 1.50. The number of morpholine rings is 1. The lowest BCUT2D eigenvalue weighted by atomic mass is 10.0. The van der Waals surface area contributed by atoms with Crippen LogP contribution in [0.15, 0.2) is 23.1 Å². The zero-order chi connectivity index (χ0) is 21.2. The average molecular weight is 441 g/mol. The van der Waals surface area contributed by atoms with Crippen LogP contribution in [0.4, 0.5) is 0 Å². The maximum atomic E-state index is 13.5. The summed E-state index contributed by atoms with van der Waals surface area (Å²) in [5.74, 6) is 0.367. The summed E-state index contributed by atoms with van der Waals surface area (Å²) >= 11 is 0. The van der Waals surface area contributed by atoms with Crippen LogP contribution in [0.3, 0.4) is 0 Å². The van der Waals surface area contributed by atoms with Crippen LogP contribution < -0.4 is 4.74 Å². The Labute approximate surface area is 179 Å². The third kappa shape index (κ3) is 4.66. The minimum Gasteiger partial charge on any atom is -0.495 e. The molecule has 168 valence electrons. The van der Waals surface area contributed by atoms with Crippen molar-refractivity contribution in [2.75, 3.05) is 66.3 Å². The Hall–Kier alpha value is -1.23. The summed E-state index contributed by atoms with van der Waals surface area (Å²) in [6, 6.07) is 5.17. The van der Waals surface area contributed by atoms with E-state index in [0.717, 1.165) is 51.3 Å². The highest BCUT2D eigenvalue weighted by atomic mass is 32.2. The lowest BCUT2D eigenvalue weighted by Crippen LogP contribution is -2.47. The van der Waals surface area contributed by atoms with Gasteiger partial charge < -0.3 is 18.9 Å².